The third-order valence-corrected chi connectivity index (χ3v) is 6.64. The minimum Gasteiger partial charge on any atom is -0.341 e. The molecule has 1 N–H and O–H groups in total. The fourth-order valence-electron chi connectivity index (χ4n) is 3.49. The summed E-state index contributed by atoms with van der Waals surface area (Å²) in [4.78, 5) is 20.9. The lowest BCUT2D eigenvalue weighted by Crippen LogP contribution is -2.40. The molecule has 0 bridgehead atoms. The quantitative estimate of drug-likeness (QED) is 0.896. The van der Waals surface area contributed by atoms with Gasteiger partial charge in [-0.05, 0) is 19.3 Å². The van der Waals surface area contributed by atoms with Crippen molar-refractivity contribution in [1.82, 2.24) is 19.2 Å². The summed E-state index contributed by atoms with van der Waals surface area (Å²) < 4.78 is 26.5. The van der Waals surface area contributed by atoms with Crippen molar-refractivity contribution in [2.45, 2.75) is 43.6 Å². The summed E-state index contributed by atoms with van der Waals surface area (Å²) in [6.45, 7) is 1.91. The van der Waals surface area contributed by atoms with Crippen molar-refractivity contribution in [2.24, 2.45) is 5.92 Å². The average Bonchev–Trinajstić information content (AvgIpc) is 3.00. The maximum Gasteiger partial charge on any atom is 0.260 e. The lowest BCUT2D eigenvalue weighted by Gasteiger charge is -2.28. The Hall–Kier alpha value is -1.41. The van der Waals surface area contributed by atoms with Crippen LogP contribution in [0, 0.1) is 5.92 Å². The fraction of sp³-hybridized carbons (Fsp3) is 0.733. The van der Waals surface area contributed by atoms with Gasteiger partial charge in [0.05, 0.1) is 12.5 Å². The summed E-state index contributed by atoms with van der Waals surface area (Å²) in [5, 5.41) is 0.115. The van der Waals surface area contributed by atoms with Gasteiger partial charge >= 0.3 is 0 Å². The molecule has 7 nitrogen and oxygen atoms in total. The maximum absolute atomic E-state index is 12.6. The second-order valence-corrected chi connectivity index (χ2v) is 8.24. The van der Waals surface area contributed by atoms with Crippen LogP contribution in [0.5, 0.6) is 0 Å². The van der Waals surface area contributed by atoms with Gasteiger partial charge in [-0.25, -0.2) is 13.4 Å². The summed E-state index contributed by atoms with van der Waals surface area (Å²) >= 11 is 0. The van der Waals surface area contributed by atoms with E-state index in [1.165, 1.54) is 23.3 Å². The third kappa shape index (κ3) is 3.58. The van der Waals surface area contributed by atoms with Crippen molar-refractivity contribution in [3.05, 3.63) is 12.5 Å². The van der Waals surface area contributed by atoms with Crippen LogP contribution in [0.25, 0.3) is 0 Å². The molecule has 2 aliphatic rings. The topological polar surface area (TPSA) is 86.4 Å². The van der Waals surface area contributed by atoms with Crippen LogP contribution >= 0.6 is 0 Å². The van der Waals surface area contributed by atoms with Gasteiger partial charge in [0.1, 0.15) is 0 Å². The fourth-order valence-corrected chi connectivity index (χ4v) is 4.85. The summed E-state index contributed by atoms with van der Waals surface area (Å²) in [5.41, 5.74) is 0. The van der Waals surface area contributed by atoms with E-state index in [9.17, 15) is 13.2 Å². The van der Waals surface area contributed by atoms with E-state index >= 15 is 0 Å². The first-order valence-electron chi connectivity index (χ1n) is 8.36. The van der Waals surface area contributed by atoms with Crippen molar-refractivity contribution in [3.63, 3.8) is 0 Å². The molecular weight excluding hydrogens is 316 g/mol. The molecule has 0 radical (unpaired) electrons. The first-order chi connectivity index (χ1) is 11.1. The number of aromatic nitrogens is 2. The Balaban J connectivity index is 1.64. The van der Waals surface area contributed by atoms with E-state index in [2.05, 4.69) is 9.97 Å². The van der Waals surface area contributed by atoms with E-state index in [0.717, 1.165) is 25.7 Å². The van der Waals surface area contributed by atoms with E-state index in [1.54, 1.807) is 0 Å². The second-order valence-electron chi connectivity index (χ2n) is 6.33. The van der Waals surface area contributed by atoms with Crippen molar-refractivity contribution in [1.29, 1.82) is 0 Å². The number of carbonyl (C=O) groups excluding carboxylic acids is 1. The van der Waals surface area contributed by atoms with Crippen LogP contribution < -0.4 is 0 Å². The van der Waals surface area contributed by atoms with Gasteiger partial charge in [-0.15, -0.1) is 0 Å². The molecule has 23 heavy (non-hydrogen) atoms. The van der Waals surface area contributed by atoms with Crippen LogP contribution in [0.3, 0.4) is 0 Å². The number of aromatic amines is 1. The smallest absolute Gasteiger partial charge is 0.260 e. The van der Waals surface area contributed by atoms with Gasteiger partial charge in [-0.2, -0.15) is 4.31 Å². The SMILES string of the molecule is O=C(C1CCCCC1)N1CCCN(S(=O)(=O)c2cnc[nH]2)CC1. The van der Waals surface area contributed by atoms with Gasteiger partial charge in [0.2, 0.25) is 5.91 Å². The zero-order chi connectivity index (χ0) is 16.3. The Morgan fingerprint density at radius 1 is 1.09 bits per heavy atom. The Kier molecular flexibility index (Phi) is 5.01. The molecule has 2 fully saturated rings. The molecule has 0 aromatic carbocycles. The van der Waals surface area contributed by atoms with E-state index in [0.29, 0.717) is 32.6 Å². The first kappa shape index (κ1) is 16.4. The number of nitrogens with zero attached hydrogens (tertiary/aromatic N) is 3. The molecule has 0 unspecified atom stereocenters. The normalized spacial score (nSPS) is 22.0. The molecule has 3 rings (SSSR count). The number of imidazole rings is 1. The molecule has 1 aromatic heterocycles. The van der Waals surface area contributed by atoms with Gasteiger partial charge in [0.15, 0.2) is 5.03 Å². The molecule has 1 aliphatic heterocycles. The number of sulfonamides is 1. The van der Waals surface area contributed by atoms with Gasteiger partial charge in [-0.1, -0.05) is 19.3 Å². The van der Waals surface area contributed by atoms with Gasteiger partial charge in [0.25, 0.3) is 10.0 Å². The molecule has 0 spiro atoms. The summed E-state index contributed by atoms with van der Waals surface area (Å²) in [7, 11) is -3.54. The van der Waals surface area contributed by atoms with Gasteiger partial charge in [0, 0.05) is 32.1 Å². The van der Waals surface area contributed by atoms with Crippen molar-refractivity contribution >= 4 is 15.9 Å². The number of hydrogen-bond donors (Lipinski definition) is 1. The molecule has 1 saturated heterocycles. The maximum atomic E-state index is 12.6. The van der Waals surface area contributed by atoms with E-state index in [1.807, 2.05) is 4.90 Å². The number of amides is 1. The monoisotopic (exact) mass is 340 g/mol. The highest BCUT2D eigenvalue weighted by Gasteiger charge is 2.31. The Bertz CT molecular complexity index is 623. The van der Waals surface area contributed by atoms with Crippen LogP contribution in [0.2, 0.25) is 0 Å². The van der Waals surface area contributed by atoms with E-state index in [4.69, 9.17) is 0 Å². The second kappa shape index (κ2) is 7.00. The standard InChI is InChI=1S/C15H24N4O3S/c20-15(13-5-2-1-3-6-13)18-7-4-8-19(10-9-18)23(21,22)14-11-16-12-17-14/h11-13H,1-10H2,(H,16,17). The number of rotatable bonds is 3. The average molecular weight is 340 g/mol. The Morgan fingerprint density at radius 3 is 2.57 bits per heavy atom. The molecular formula is C15H24N4O3S. The lowest BCUT2D eigenvalue weighted by atomic mass is 9.88. The third-order valence-electron chi connectivity index (χ3n) is 4.81. The number of H-pyrrole nitrogens is 1. The molecule has 2 heterocycles. The summed E-state index contributed by atoms with van der Waals surface area (Å²) in [6, 6.07) is 0. The summed E-state index contributed by atoms with van der Waals surface area (Å²) in [5.74, 6) is 0.352. The minimum atomic E-state index is -3.54. The van der Waals surface area contributed by atoms with Crippen molar-refractivity contribution < 1.29 is 13.2 Å². The molecule has 1 amide bonds. The van der Waals surface area contributed by atoms with E-state index < -0.39 is 10.0 Å². The van der Waals surface area contributed by atoms with Crippen LogP contribution in [0.15, 0.2) is 17.6 Å². The van der Waals surface area contributed by atoms with Crippen molar-refractivity contribution in [3.8, 4) is 0 Å². The summed E-state index contributed by atoms with van der Waals surface area (Å²) in [6.07, 6.45) is 8.80. The van der Waals surface area contributed by atoms with Crippen LogP contribution in [0.4, 0.5) is 0 Å². The highest BCUT2D eigenvalue weighted by atomic mass is 32.2. The number of hydrogen-bond acceptors (Lipinski definition) is 4. The van der Waals surface area contributed by atoms with Gasteiger partial charge < -0.3 is 9.88 Å². The minimum absolute atomic E-state index is 0.115. The molecule has 1 saturated carbocycles. The number of carbonyl (C=O) groups is 1. The molecule has 8 heteroatoms. The first-order valence-corrected chi connectivity index (χ1v) is 9.80. The van der Waals surface area contributed by atoms with Gasteiger partial charge in [-0.3, -0.25) is 4.79 Å². The largest absolute Gasteiger partial charge is 0.341 e. The van der Waals surface area contributed by atoms with E-state index in [-0.39, 0.29) is 16.9 Å². The predicted octanol–water partition coefficient (Wildman–Crippen LogP) is 1.21. The molecule has 1 aliphatic carbocycles. The highest BCUT2D eigenvalue weighted by Crippen LogP contribution is 2.26. The highest BCUT2D eigenvalue weighted by molar-refractivity contribution is 7.89. The molecule has 128 valence electrons. The lowest BCUT2D eigenvalue weighted by molar-refractivity contribution is -0.136. The Morgan fingerprint density at radius 2 is 1.87 bits per heavy atom. The Labute approximate surface area is 137 Å². The zero-order valence-electron chi connectivity index (χ0n) is 13.3. The predicted molar refractivity (Wildman–Crippen MR) is 85.1 cm³/mol. The van der Waals surface area contributed by atoms with Crippen LogP contribution in [0.1, 0.15) is 38.5 Å². The number of nitrogens with one attached hydrogen (secondary N) is 1. The zero-order valence-corrected chi connectivity index (χ0v) is 14.1. The van der Waals surface area contributed by atoms with Crippen molar-refractivity contribution in [2.75, 3.05) is 26.2 Å². The molecule has 0 atom stereocenters. The van der Waals surface area contributed by atoms with Crippen LogP contribution in [-0.4, -0.2) is 59.7 Å². The van der Waals surface area contributed by atoms with Crippen LogP contribution in [-0.2, 0) is 14.8 Å². The molecule has 1 aromatic rings.